The van der Waals surface area contributed by atoms with Crippen molar-refractivity contribution in [3.05, 3.63) is 181 Å². The Balaban J connectivity index is 0.000000165. The van der Waals surface area contributed by atoms with Crippen LogP contribution in [0.1, 0.15) is 16.7 Å². The minimum absolute atomic E-state index is 0. The molecule has 4 heteroatoms. The van der Waals surface area contributed by atoms with Gasteiger partial charge in [0.25, 0.3) is 0 Å². The molecule has 0 bridgehead atoms. The maximum Gasteiger partial charge on any atom is 0.120 e. The summed E-state index contributed by atoms with van der Waals surface area (Å²) in [6, 6.07) is 53.9. The monoisotopic (exact) mass is 771 g/mol. The first-order valence-electron chi connectivity index (χ1n) is 15.0. The maximum absolute atomic E-state index is 5.97. The van der Waals surface area contributed by atoms with Crippen LogP contribution in [0.4, 0.5) is 0 Å². The number of aryl methyl sites for hydroxylation is 1. The molecular formula is C42H30IrN2O-2. The van der Waals surface area contributed by atoms with Crippen molar-refractivity contribution in [2.45, 2.75) is 13.3 Å². The van der Waals surface area contributed by atoms with Gasteiger partial charge in [0.1, 0.15) is 5.58 Å². The number of hydrogen-bond donors (Lipinski definition) is 0. The summed E-state index contributed by atoms with van der Waals surface area (Å²) in [6.07, 6.45) is 4.66. The molecule has 46 heavy (non-hydrogen) atoms. The zero-order valence-electron chi connectivity index (χ0n) is 25.3. The van der Waals surface area contributed by atoms with Crippen LogP contribution in [-0.4, -0.2) is 9.97 Å². The van der Waals surface area contributed by atoms with E-state index in [9.17, 15) is 0 Å². The van der Waals surface area contributed by atoms with E-state index in [-0.39, 0.29) is 20.1 Å². The molecule has 0 N–H and O–H groups in total. The number of furan rings is 1. The predicted molar refractivity (Wildman–Crippen MR) is 184 cm³/mol. The molecule has 0 amide bonds. The van der Waals surface area contributed by atoms with Gasteiger partial charge in [0, 0.05) is 43.4 Å². The Labute approximate surface area is 283 Å². The molecule has 3 heterocycles. The molecule has 0 aliphatic heterocycles. The van der Waals surface area contributed by atoms with Crippen LogP contribution in [0.25, 0.3) is 55.6 Å². The molecule has 0 spiro atoms. The normalized spacial score (nSPS) is 10.6. The third kappa shape index (κ3) is 6.74. The van der Waals surface area contributed by atoms with Crippen molar-refractivity contribution in [2.24, 2.45) is 0 Å². The molecule has 1 radical (unpaired) electrons. The molecule has 0 saturated heterocycles. The number of hydrogen-bond acceptors (Lipinski definition) is 3. The molecular weight excluding hydrogens is 741 g/mol. The van der Waals surface area contributed by atoms with E-state index in [1.807, 2.05) is 66.9 Å². The second-order valence-corrected chi connectivity index (χ2v) is 10.9. The minimum Gasteiger partial charge on any atom is -0.501 e. The zero-order chi connectivity index (χ0) is 30.4. The van der Waals surface area contributed by atoms with E-state index in [0.717, 1.165) is 50.9 Å². The van der Waals surface area contributed by atoms with Crippen molar-refractivity contribution in [1.29, 1.82) is 0 Å². The van der Waals surface area contributed by atoms with Gasteiger partial charge in [-0.15, -0.1) is 53.6 Å². The molecule has 8 rings (SSSR count). The van der Waals surface area contributed by atoms with Crippen molar-refractivity contribution in [3.8, 4) is 33.6 Å². The van der Waals surface area contributed by atoms with Gasteiger partial charge in [-0.25, -0.2) is 0 Å². The van der Waals surface area contributed by atoms with Crippen LogP contribution in [0.5, 0.6) is 0 Å². The number of nitrogens with zero attached hydrogens (tertiary/aromatic N) is 2. The van der Waals surface area contributed by atoms with Crippen molar-refractivity contribution in [3.63, 3.8) is 0 Å². The predicted octanol–water partition coefficient (Wildman–Crippen LogP) is 10.6. The average molecular weight is 771 g/mol. The SMILES string of the molecule is Cc1c[c-]c(-c2cc(Cc3ccccc3)c(-c3ccccc3)cn2)cc1.[Ir].[c-]1ccc2c(oc3ccccc32)c1-c1ccccn1. The van der Waals surface area contributed by atoms with Gasteiger partial charge in [-0.3, -0.25) is 0 Å². The smallest absolute Gasteiger partial charge is 0.120 e. The number of fused-ring (bicyclic) bond motifs is 3. The van der Waals surface area contributed by atoms with Gasteiger partial charge < -0.3 is 14.4 Å². The molecule has 225 valence electrons. The number of rotatable bonds is 5. The standard InChI is InChI=1S/C25H20N.C17H10NO.Ir/c1-19-12-14-22(15-13-19)25-17-23(16-20-8-4-2-5-9-20)24(18-26-25)21-10-6-3-7-11-21;1-2-10-16-12(6-1)13-7-5-8-14(17(13)19-16)15-9-3-4-11-18-15;/h2-14,17-18H,16H2,1H3;1-7,9-11H;/q2*-1;. The molecule has 0 aliphatic rings. The summed E-state index contributed by atoms with van der Waals surface area (Å²) in [5.41, 5.74) is 11.7. The molecule has 0 fully saturated rings. The van der Waals surface area contributed by atoms with Gasteiger partial charge in [0.2, 0.25) is 0 Å². The van der Waals surface area contributed by atoms with Gasteiger partial charge in [0.05, 0.1) is 5.58 Å². The molecule has 0 saturated carbocycles. The summed E-state index contributed by atoms with van der Waals surface area (Å²) >= 11 is 0. The topological polar surface area (TPSA) is 38.9 Å². The van der Waals surface area contributed by atoms with Gasteiger partial charge in [-0.2, -0.15) is 0 Å². The van der Waals surface area contributed by atoms with E-state index in [0.29, 0.717) is 0 Å². The first-order chi connectivity index (χ1) is 22.2. The maximum atomic E-state index is 5.97. The van der Waals surface area contributed by atoms with Gasteiger partial charge in [0.15, 0.2) is 0 Å². The van der Waals surface area contributed by atoms with Gasteiger partial charge in [-0.05, 0) is 46.6 Å². The number of pyridine rings is 2. The van der Waals surface area contributed by atoms with E-state index in [2.05, 4.69) is 103 Å². The summed E-state index contributed by atoms with van der Waals surface area (Å²) in [7, 11) is 0. The first kappa shape index (κ1) is 30.9. The quantitative estimate of drug-likeness (QED) is 0.164. The molecule has 5 aromatic carbocycles. The number of benzene rings is 5. The number of aromatic nitrogens is 2. The van der Waals surface area contributed by atoms with E-state index >= 15 is 0 Å². The van der Waals surface area contributed by atoms with Crippen LogP contribution >= 0.6 is 0 Å². The van der Waals surface area contributed by atoms with Crippen molar-refractivity contribution in [2.75, 3.05) is 0 Å². The van der Waals surface area contributed by atoms with Gasteiger partial charge >= 0.3 is 0 Å². The summed E-state index contributed by atoms with van der Waals surface area (Å²) < 4.78 is 5.97. The van der Waals surface area contributed by atoms with Crippen LogP contribution in [0.3, 0.4) is 0 Å². The Hall–Kier alpha value is -5.15. The van der Waals surface area contributed by atoms with E-state index in [1.165, 1.54) is 27.8 Å². The summed E-state index contributed by atoms with van der Waals surface area (Å²) in [4.78, 5) is 9.10. The third-order valence-electron chi connectivity index (χ3n) is 7.82. The number of para-hydroxylation sites is 1. The molecule has 0 atom stereocenters. The van der Waals surface area contributed by atoms with Crippen LogP contribution in [0, 0.1) is 19.1 Å². The minimum atomic E-state index is 0. The summed E-state index contributed by atoms with van der Waals surface area (Å²) in [6.45, 7) is 2.08. The Morgan fingerprint density at radius 1 is 0.674 bits per heavy atom. The molecule has 0 unspecified atom stereocenters. The Morgan fingerprint density at radius 3 is 2.20 bits per heavy atom. The second-order valence-electron chi connectivity index (χ2n) is 10.9. The van der Waals surface area contributed by atoms with E-state index in [4.69, 9.17) is 9.40 Å². The van der Waals surface area contributed by atoms with Crippen molar-refractivity contribution < 1.29 is 24.5 Å². The summed E-state index contributed by atoms with van der Waals surface area (Å²) in [5.74, 6) is 0. The van der Waals surface area contributed by atoms with Crippen molar-refractivity contribution >= 4 is 21.9 Å². The fourth-order valence-corrected chi connectivity index (χ4v) is 5.54. The van der Waals surface area contributed by atoms with E-state index in [1.54, 1.807) is 6.20 Å². The van der Waals surface area contributed by atoms with Gasteiger partial charge in [-0.1, -0.05) is 115 Å². The second kappa shape index (κ2) is 14.3. The largest absolute Gasteiger partial charge is 0.501 e. The van der Waals surface area contributed by atoms with Crippen LogP contribution in [0.2, 0.25) is 0 Å². The average Bonchev–Trinajstić information content (AvgIpc) is 3.49. The third-order valence-corrected chi connectivity index (χ3v) is 7.82. The first-order valence-corrected chi connectivity index (χ1v) is 15.0. The van der Waals surface area contributed by atoms with Crippen molar-refractivity contribution in [1.82, 2.24) is 9.97 Å². The zero-order valence-corrected chi connectivity index (χ0v) is 27.7. The van der Waals surface area contributed by atoms with Crippen LogP contribution in [-0.2, 0) is 26.5 Å². The molecule has 8 aromatic rings. The van der Waals surface area contributed by atoms with E-state index < -0.39 is 0 Å². The summed E-state index contributed by atoms with van der Waals surface area (Å²) in [5, 5.41) is 2.23. The molecule has 3 aromatic heterocycles. The molecule has 0 aliphatic carbocycles. The Kier molecular flexibility index (Phi) is 9.59. The van der Waals surface area contributed by atoms with Crippen LogP contribution in [0.15, 0.2) is 156 Å². The molecule has 3 nitrogen and oxygen atoms in total. The Morgan fingerprint density at radius 2 is 1.43 bits per heavy atom. The fourth-order valence-electron chi connectivity index (χ4n) is 5.54. The Bertz CT molecular complexity index is 2180. The fraction of sp³-hybridized carbons (Fsp3) is 0.0476. The van der Waals surface area contributed by atoms with Crippen LogP contribution < -0.4 is 0 Å².